The maximum absolute atomic E-state index is 12.4. The Labute approximate surface area is 142 Å². The van der Waals surface area contributed by atoms with Crippen molar-refractivity contribution >= 4 is 23.5 Å². The second-order valence-electron chi connectivity index (χ2n) is 6.05. The number of thioether (sulfide) groups is 1. The van der Waals surface area contributed by atoms with Crippen molar-refractivity contribution in [1.82, 2.24) is 9.80 Å². The monoisotopic (exact) mass is 335 g/mol. The molecule has 1 N–H and O–H groups in total. The van der Waals surface area contributed by atoms with Gasteiger partial charge in [-0.05, 0) is 31.2 Å². The minimum Gasteiger partial charge on any atom is -0.377 e. The van der Waals surface area contributed by atoms with Crippen LogP contribution < -0.4 is 5.32 Å². The Morgan fingerprint density at radius 1 is 1.30 bits per heavy atom. The van der Waals surface area contributed by atoms with E-state index in [2.05, 4.69) is 10.2 Å². The van der Waals surface area contributed by atoms with Gasteiger partial charge in [-0.25, -0.2) is 4.79 Å². The SMILES string of the molecule is CSc1ccccc1NC(=O)N1CCN(CC2CCCO2)CC1. The molecule has 2 heterocycles. The number of carbonyl (C=O) groups excluding carboxylic acids is 1. The number of carbonyl (C=O) groups is 1. The van der Waals surface area contributed by atoms with Gasteiger partial charge < -0.3 is 15.0 Å². The van der Waals surface area contributed by atoms with Crippen LogP contribution in [0.4, 0.5) is 10.5 Å². The maximum Gasteiger partial charge on any atom is 0.321 e. The molecule has 6 heteroatoms. The third-order valence-corrected chi connectivity index (χ3v) is 5.29. The van der Waals surface area contributed by atoms with Gasteiger partial charge in [0.25, 0.3) is 0 Å². The van der Waals surface area contributed by atoms with Crippen molar-refractivity contribution in [2.24, 2.45) is 0 Å². The standard InChI is InChI=1S/C17H25N3O2S/c1-23-16-7-3-2-6-15(16)18-17(21)20-10-8-19(9-11-20)13-14-5-4-12-22-14/h2-3,6-7,14H,4-5,8-13H2,1H3,(H,18,21). The normalized spacial score (nSPS) is 22.3. The van der Waals surface area contributed by atoms with Crippen LogP contribution in [0, 0.1) is 0 Å². The van der Waals surface area contributed by atoms with E-state index in [1.807, 2.05) is 35.4 Å². The highest BCUT2D eigenvalue weighted by atomic mass is 32.2. The molecule has 126 valence electrons. The minimum absolute atomic E-state index is 0.00302. The summed E-state index contributed by atoms with van der Waals surface area (Å²) >= 11 is 1.65. The molecule has 1 atom stereocenters. The Morgan fingerprint density at radius 2 is 2.09 bits per heavy atom. The first-order valence-electron chi connectivity index (χ1n) is 8.29. The lowest BCUT2D eigenvalue weighted by molar-refractivity contribution is 0.0572. The zero-order valence-corrected chi connectivity index (χ0v) is 14.5. The molecule has 0 bridgehead atoms. The van der Waals surface area contributed by atoms with Crippen molar-refractivity contribution in [2.75, 3.05) is 50.9 Å². The van der Waals surface area contributed by atoms with Crippen molar-refractivity contribution in [2.45, 2.75) is 23.8 Å². The summed E-state index contributed by atoms with van der Waals surface area (Å²) in [5.41, 5.74) is 0.895. The van der Waals surface area contributed by atoms with Crippen LogP contribution in [0.3, 0.4) is 0 Å². The Morgan fingerprint density at radius 3 is 2.78 bits per heavy atom. The van der Waals surface area contributed by atoms with Gasteiger partial charge in [0.2, 0.25) is 0 Å². The molecule has 0 aromatic heterocycles. The van der Waals surface area contributed by atoms with Gasteiger partial charge in [0.05, 0.1) is 11.8 Å². The number of ether oxygens (including phenoxy) is 1. The molecule has 0 radical (unpaired) electrons. The number of hydrogen-bond acceptors (Lipinski definition) is 4. The van der Waals surface area contributed by atoms with Crippen molar-refractivity contribution in [3.05, 3.63) is 24.3 Å². The lowest BCUT2D eigenvalue weighted by atomic mass is 10.2. The molecular formula is C17H25N3O2S. The number of nitrogens with one attached hydrogen (secondary N) is 1. The molecule has 1 aromatic rings. The fraction of sp³-hybridized carbons (Fsp3) is 0.588. The topological polar surface area (TPSA) is 44.8 Å². The molecule has 2 aliphatic rings. The largest absolute Gasteiger partial charge is 0.377 e. The Hall–Kier alpha value is -1.24. The second-order valence-corrected chi connectivity index (χ2v) is 6.90. The number of benzene rings is 1. The van der Waals surface area contributed by atoms with Gasteiger partial charge in [0.1, 0.15) is 0 Å². The van der Waals surface area contributed by atoms with E-state index in [0.29, 0.717) is 6.10 Å². The highest BCUT2D eigenvalue weighted by Crippen LogP contribution is 2.25. The summed E-state index contributed by atoms with van der Waals surface area (Å²) in [7, 11) is 0. The number of para-hydroxylation sites is 1. The average molecular weight is 335 g/mol. The highest BCUT2D eigenvalue weighted by molar-refractivity contribution is 7.98. The predicted molar refractivity (Wildman–Crippen MR) is 94.2 cm³/mol. The van der Waals surface area contributed by atoms with Crippen LogP contribution >= 0.6 is 11.8 Å². The first-order valence-corrected chi connectivity index (χ1v) is 9.51. The van der Waals surface area contributed by atoms with Crippen molar-refractivity contribution in [1.29, 1.82) is 0 Å². The third-order valence-electron chi connectivity index (χ3n) is 4.49. The number of rotatable bonds is 4. The number of piperazine rings is 1. The number of amides is 2. The third kappa shape index (κ3) is 4.40. The fourth-order valence-corrected chi connectivity index (χ4v) is 3.71. The molecule has 2 amide bonds. The lowest BCUT2D eigenvalue weighted by Gasteiger charge is -2.35. The average Bonchev–Trinajstić information content (AvgIpc) is 3.09. The summed E-state index contributed by atoms with van der Waals surface area (Å²) < 4.78 is 5.70. The van der Waals surface area contributed by atoms with Gasteiger partial charge in [-0.1, -0.05) is 12.1 Å². The van der Waals surface area contributed by atoms with Crippen molar-refractivity contribution in [3.63, 3.8) is 0 Å². The van der Waals surface area contributed by atoms with Crippen LogP contribution in [-0.4, -0.2) is 67.5 Å². The van der Waals surface area contributed by atoms with Gasteiger partial charge in [0, 0.05) is 44.2 Å². The van der Waals surface area contributed by atoms with E-state index in [-0.39, 0.29) is 6.03 Å². The number of nitrogens with zero attached hydrogens (tertiary/aromatic N) is 2. The van der Waals surface area contributed by atoms with E-state index in [0.717, 1.165) is 49.9 Å². The number of urea groups is 1. The van der Waals surface area contributed by atoms with Crippen LogP contribution in [0.2, 0.25) is 0 Å². The molecule has 2 saturated heterocycles. The zero-order valence-electron chi connectivity index (χ0n) is 13.7. The Balaban J connectivity index is 1.48. The highest BCUT2D eigenvalue weighted by Gasteiger charge is 2.25. The number of hydrogen-bond donors (Lipinski definition) is 1. The van der Waals surface area contributed by atoms with E-state index >= 15 is 0 Å². The molecule has 1 aromatic carbocycles. The molecule has 5 nitrogen and oxygen atoms in total. The number of anilines is 1. The Bertz CT molecular complexity index is 526. The molecule has 0 saturated carbocycles. The first-order chi connectivity index (χ1) is 11.3. The lowest BCUT2D eigenvalue weighted by Crippen LogP contribution is -2.51. The predicted octanol–water partition coefficient (Wildman–Crippen LogP) is 2.74. The van der Waals surface area contributed by atoms with Crippen molar-refractivity contribution < 1.29 is 9.53 Å². The minimum atomic E-state index is 0.00302. The molecule has 0 spiro atoms. The van der Waals surface area contributed by atoms with E-state index in [1.165, 1.54) is 12.8 Å². The van der Waals surface area contributed by atoms with Gasteiger partial charge in [-0.2, -0.15) is 0 Å². The molecule has 1 unspecified atom stereocenters. The summed E-state index contributed by atoms with van der Waals surface area (Å²) in [6.07, 6.45) is 4.77. The van der Waals surface area contributed by atoms with Gasteiger partial charge >= 0.3 is 6.03 Å². The zero-order chi connectivity index (χ0) is 16.1. The van der Waals surface area contributed by atoms with E-state index in [4.69, 9.17) is 4.74 Å². The quantitative estimate of drug-likeness (QED) is 0.860. The summed E-state index contributed by atoms with van der Waals surface area (Å²) in [6.45, 7) is 5.32. The van der Waals surface area contributed by atoms with Crippen LogP contribution in [0.5, 0.6) is 0 Å². The van der Waals surface area contributed by atoms with E-state index in [1.54, 1.807) is 11.8 Å². The second kappa shape index (κ2) is 8.04. The molecular weight excluding hydrogens is 310 g/mol. The summed E-state index contributed by atoms with van der Waals surface area (Å²) in [6, 6.07) is 7.93. The van der Waals surface area contributed by atoms with Crippen LogP contribution in [0.15, 0.2) is 29.2 Å². The fourth-order valence-electron chi connectivity index (χ4n) is 3.15. The van der Waals surface area contributed by atoms with Crippen LogP contribution in [0.25, 0.3) is 0 Å². The summed E-state index contributed by atoms with van der Waals surface area (Å²) in [5, 5.41) is 3.04. The van der Waals surface area contributed by atoms with Crippen LogP contribution in [-0.2, 0) is 4.74 Å². The van der Waals surface area contributed by atoms with Crippen LogP contribution in [0.1, 0.15) is 12.8 Å². The van der Waals surface area contributed by atoms with Crippen molar-refractivity contribution in [3.8, 4) is 0 Å². The molecule has 3 rings (SSSR count). The van der Waals surface area contributed by atoms with E-state index in [9.17, 15) is 4.79 Å². The van der Waals surface area contributed by atoms with Gasteiger partial charge in [-0.3, -0.25) is 4.90 Å². The molecule has 2 aliphatic heterocycles. The Kier molecular flexibility index (Phi) is 5.80. The van der Waals surface area contributed by atoms with Gasteiger partial charge in [0.15, 0.2) is 0 Å². The molecule has 0 aliphatic carbocycles. The van der Waals surface area contributed by atoms with Gasteiger partial charge in [-0.15, -0.1) is 11.8 Å². The first kappa shape index (κ1) is 16.6. The smallest absolute Gasteiger partial charge is 0.321 e. The summed E-state index contributed by atoms with van der Waals surface area (Å²) in [5.74, 6) is 0. The summed E-state index contributed by atoms with van der Waals surface area (Å²) in [4.78, 5) is 17.9. The molecule has 2 fully saturated rings. The molecule has 23 heavy (non-hydrogen) atoms. The maximum atomic E-state index is 12.4. The van der Waals surface area contributed by atoms with E-state index < -0.39 is 0 Å².